The third-order valence-corrected chi connectivity index (χ3v) is 2.74. The van der Waals surface area contributed by atoms with E-state index in [2.05, 4.69) is 5.32 Å². The van der Waals surface area contributed by atoms with Crippen molar-refractivity contribution in [1.82, 2.24) is 5.32 Å². The number of primary amides is 1. The van der Waals surface area contributed by atoms with E-state index >= 15 is 0 Å². The number of halogens is 1. The molecule has 0 aliphatic rings. The van der Waals surface area contributed by atoms with Crippen LogP contribution in [0.15, 0.2) is 24.3 Å². The highest BCUT2D eigenvalue weighted by Crippen LogP contribution is 2.04. The lowest BCUT2D eigenvalue weighted by Gasteiger charge is -2.14. The summed E-state index contributed by atoms with van der Waals surface area (Å²) < 4.78 is 12.7. The lowest BCUT2D eigenvalue weighted by atomic mass is 10.1. The maximum atomic E-state index is 12.7. The monoisotopic (exact) mass is 280 g/mol. The van der Waals surface area contributed by atoms with Crippen molar-refractivity contribution in [2.45, 2.75) is 32.2 Å². The van der Waals surface area contributed by atoms with E-state index in [1.807, 2.05) is 0 Å². The number of ketones is 1. The molecule has 1 atom stereocenters. The Bertz CT molecular complexity index is 500. The van der Waals surface area contributed by atoms with Crippen LogP contribution in [0, 0.1) is 5.82 Å². The van der Waals surface area contributed by atoms with E-state index in [-0.39, 0.29) is 30.9 Å². The number of carbonyl (C=O) groups excluding carboxylic acids is 3. The normalized spacial score (nSPS) is 11.7. The minimum Gasteiger partial charge on any atom is -0.368 e. The Labute approximate surface area is 116 Å². The fourth-order valence-corrected chi connectivity index (χ4v) is 1.67. The molecular weight excluding hydrogens is 263 g/mol. The Morgan fingerprint density at radius 1 is 1.25 bits per heavy atom. The standard InChI is InChI=1S/C14H17FN2O3/c1-9(18)2-7-12(14(16)20)17-13(19)8-10-3-5-11(15)6-4-10/h3-6,12H,2,7-8H2,1H3,(H2,16,20)(H,17,19)/t12-/m1/s1. The second-order valence-corrected chi connectivity index (χ2v) is 4.57. The van der Waals surface area contributed by atoms with Crippen LogP contribution in [0.25, 0.3) is 0 Å². The fraction of sp³-hybridized carbons (Fsp3) is 0.357. The molecule has 3 N–H and O–H groups in total. The molecular formula is C14H17FN2O3. The molecule has 0 heterocycles. The Balaban J connectivity index is 2.55. The quantitative estimate of drug-likeness (QED) is 0.770. The highest BCUT2D eigenvalue weighted by molar-refractivity contribution is 5.88. The van der Waals surface area contributed by atoms with Crippen LogP contribution in [0.5, 0.6) is 0 Å². The molecule has 0 aliphatic heterocycles. The molecule has 0 bridgehead atoms. The van der Waals surface area contributed by atoms with Gasteiger partial charge in [-0.3, -0.25) is 9.59 Å². The zero-order valence-electron chi connectivity index (χ0n) is 11.2. The second-order valence-electron chi connectivity index (χ2n) is 4.57. The van der Waals surface area contributed by atoms with E-state index in [9.17, 15) is 18.8 Å². The van der Waals surface area contributed by atoms with Gasteiger partial charge in [-0.1, -0.05) is 12.1 Å². The molecule has 1 aromatic carbocycles. The molecule has 5 nitrogen and oxygen atoms in total. The van der Waals surface area contributed by atoms with Crippen LogP contribution in [0.3, 0.4) is 0 Å². The predicted molar refractivity (Wildman–Crippen MR) is 71.1 cm³/mol. The summed E-state index contributed by atoms with van der Waals surface area (Å²) in [7, 11) is 0. The lowest BCUT2D eigenvalue weighted by Crippen LogP contribution is -2.45. The lowest BCUT2D eigenvalue weighted by molar-refractivity contribution is -0.127. The molecule has 0 fully saturated rings. The second kappa shape index (κ2) is 7.37. The summed E-state index contributed by atoms with van der Waals surface area (Å²) in [6.45, 7) is 1.40. The van der Waals surface area contributed by atoms with Crippen molar-refractivity contribution in [3.63, 3.8) is 0 Å². The van der Waals surface area contributed by atoms with Crippen molar-refractivity contribution in [2.24, 2.45) is 5.73 Å². The predicted octanol–water partition coefficient (Wildman–Crippen LogP) is 0.707. The molecule has 0 aromatic heterocycles. The van der Waals surface area contributed by atoms with Gasteiger partial charge in [-0.15, -0.1) is 0 Å². The molecule has 0 unspecified atom stereocenters. The van der Waals surface area contributed by atoms with Gasteiger partial charge in [0.25, 0.3) is 0 Å². The summed E-state index contributed by atoms with van der Waals surface area (Å²) in [6.07, 6.45) is 0.369. The number of rotatable bonds is 7. The molecule has 0 aliphatic carbocycles. The summed E-state index contributed by atoms with van der Waals surface area (Å²) >= 11 is 0. The molecule has 20 heavy (non-hydrogen) atoms. The summed E-state index contributed by atoms with van der Waals surface area (Å²) in [5, 5.41) is 2.48. The van der Waals surface area contributed by atoms with Crippen molar-refractivity contribution in [1.29, 1.82) is 0 Å². The Morgan fingerprint density at radius 2 is 1.85 bits per heavy atom. The van der Waals surface area contributed by atoms with E-state index in [0.717, 1.165) is 0 Å². The van der Waals surface area contributed by atoms with Crippen LogP contribution < -0.4 is 11.1 Å². The van der Waals surface area contributed by atoms with Crippen molar-refractivity contribution in [3.8, 4) is 0 Å². The third-order valence-electron chi connectivity index (χ3n) is 2.74. The van der Waals surface area contributed by atoms with Gasteiger partial charge in [0, 0.05) is 6.42 Å². The van der Waals surface area contributed by atoms with Crippen LogP contribution in [0.4, 0.5) is 4.39 Å². The number of benzene rings is 1. The average Bonchev–Trinajstić information content (AvgIpc) is 2.36. The van der Waals surface area contributed by atoms with Gasteiger partial charge in [-0.2, -0.15) is 0 Å². The summed E-state index contributed by atoms with van der Waals surface area (Å²) in [5.41, 5.74) is 5.79. The molecule has 6 heteroatoms. The van der Waals surface area contributed by atoms with Gasteiger partial charge in [-0.05, 0) is 31.0 Å². The summed E-state index contributed by atoms with van der Waals surface area (Å²) in [5.74, 6) is -1.54. The number of nitrogens with two attached hydrogens (primary N) is 1. The zero-order chi connectivity index (χ0) is 15.1. The van der Waals surface area contributed by atoms with Gasteiger partial charge in [-0.25, -0.2) is 4.39 Å². The van der Waals surface area contributed by atoms with Gasteiger partial charge in [0.2, 0.25) is 11.8 Å². The Kier molecular flexibility index (Phi) is 5.83. The van der Waals surface area contributed by atoms with Gasteiger partial charge < -0.3 is 15.8 Å². The van der Waals surface area contributed by atoms with Crippen molar-refractivity contribution in [3.05, 3.63) is 35.6 Å². The van der Waals surface area contributed by atoms with Crippen LogP contribution in [0.1, 0.15) is 25.3 Å². The maximum absolute atomic E-state index is 12.7. The number of carbonyl (C=O) groups is 3. The highest BCUT2D eigenvalue weighted by atomic mass is 19.1. The van der Waals surface area contributed by atoms with Crippen molar-refractivity contribution < 1.29 is 18.8 Å². The SMILES string of the molecule is CC(=O)CC[C@@H](NC(=O)Cc1ccc(F)cc1)C(N)=O. The number of amides is 2. The first-order valence-corrected chi connectivity index (χ1v) is 6.21. The molecule has 1 aromatic rings. The number of Topliss-reactive ketones (excluding diaryl/α,β-unsaturated/α-hetero) is 1. The molecule has 108 valence electrons. The third kappa shape index (κ3) is 5.60. The van der Waals surface area contributed by atoms with Crippen LogP contribution >= 0.6 is 0 Å². The molecule has 0 saturated carbocycles. The molecule has 1 rings (SSSR count). The molecule has 0 radical (unpaired) electrons. The zero-order valence-corrected chi connectivity index (χ0v) is 11.2. The van der Waals surface area contributed by atoms with E-state index in [4.69, 9.17) is 5.73 Å². The smallest absolute Gasteiger partial charge is 0.240 e. The van der Waals surface area contributed by atoms with E-state index < -0.39 is 17.9 Å². The van der Waals surface area contributed by atoms with Gasteiger partial charge >= 0.3 is 0 Å². The van der Waals surface area contributed by atoms with Gasteiger partial charge in [0.15, 0.2) is 0 Å². The van der Waals surface area contributed by atoms with Crippen LogP contribution in [-0.2, 0) is 20.8 Å². The number of nitrogens with one attached hydrogen (secondary N) is 1. The minimum absolute atomic E-state index is 0.0180. The molecule has 0 spiro atoms. The Morgan fingerprint density at radius 3 is 2.35 bits per heavy atom. The number of hydrogen-bond donors (Lipinski definition) is 2. The fourth-order valence-electron chi connectivity index (χ4n) is 1.67. The molecule has 2 amide bonds. The average molecular weight is 280 g/mol. The number of hydrogen-bond acceptors (Lipinski definition) is 3. The first-order valence-electron chi connectivity index (χ1n) is 6.21. The highest BCUT2D eigenvalue weighted by Gasteiger charge is 2.18. The first-order chi connectivity index (χ1) is 9.38. The van der Waals surface area contributed by atoms with Gasteiger partial charge in [0.1, 0.15) is 17.6 Å². The van der Waals surface area contributed by atoms with E-state index in [1.165, 1.54) is 31.2 Å². The van der Waals surface area contributed by atoms with Crippen LogP contribution in [-0.4, -0.2) is 23.6 Å². The minimum atomic E-state index is -0.869. The topological polar surface area (TPSA) is 89.3 Å². The van der Waals surface area contributed by atoms with Crippen molar-refractivity contribution >= 4 is 17.6 Å². The van der Waals surface area contributed by atoms with E-state index in [1.54, 1.807) is 0 Å². The first kappa shape index (κ1) is 15.8. The van der Waals surface area contributed by atoms with Gasteiger partial charge in [0.05, 0.1) is 6.42 Å². The summed E-state index contributed by atoms with van der Waals surface area (Å²) in [4.78, 5) is 33.8. The van der Waals surface area contributed by atoms with Crippen LogP contribution in [0.2, 0.25) is 0 Å². The van der Waals surface area contributed by atoms with Crippen molar-refractivity contribution in [2.75, 3.05) is 0 Å². The maximum Gasteiger partial charge on any atom is 0.240 e. The molecule has 0 saturated heterocycles. The van der Waals surface area contributed by atoms with E-state index in [0.29, 0.717) is 5.56 Å². The Hall–Kier alpha value is -2.24. The largest absolute Gasteiger partial charge is 0.368 e. The summed E-state index contributed by atoms with van der Waals surface area (Å²) in [6, 6.07) is 4.62.